The van der Waals surface area contributed by atoms with Crippen LogP contribution in [0.25, 0.3) is 0 Å². The molecule has 1 N–H and O–H groups in total. The van der Waals surface area contributed by atoms with E-state index in [1.165, 1.54) is 0 Å². The number of hydrogen-bond acceptors (Lipinski definition) is 3. The van der Waals surface area contributed by atoms with Gasteiger partial charge in [-0.15, -0.1) is 0 Å². The quantitative estimate of drug-likeness (QED) is 0.745. The molecule has 62 valence electrons. The Kier molecular flexibility index (Phi) is 2.18. The lowest BCUT2D eigenvalue weighted by molar-refractivity contribution is 1.28. The summed E-state index contributed by atoms with van der Waals surface area (Å²) in [5.41, 5.74) is 1.62. The normalized spacial score (nSPS) is 9.54. The van der Waals surface area contributed by atoms with Crippen molar-refractivity contribution in [2.75, 3.05) is 5.32 Å². The van der Waals surface area contributed by atoms with Crippen LogP contribution in [0.1, 0.15) is 0 Å². The van der Waals surface area contributed by atoms with E-state index in [1.54, 1.807) is 12.4 Å². The Labute approximate surface area is 76.5 Å². The maximum absolute atomic E-state index is 3.86. The Hall–Kier alpha value is -1.90. The van der Waals surface area contributed by atoms with Crippen LogP contribution in [0.3, 0.4) is 0 Å². The predicted octanol–water partition coefficient (Wildman–Crippen LogP) is 1.82. The predicted molar refractivity (Wildman–Crippen MR) is 49.4 cm³/mol. The van der Waals surface area contributed by atoms with Gasteiger partial charge in [0.05, 0.1) is 11.4 Å². The smallest absolute Gasteiger partial charge is 0.114 e. The van der Waals surface area contributed by atoms with Crippen molar-refractivity contribution in [1.82, 2.24) is 9.97 Å². The standard InChI is InChI=1S/C10H7N3/c1-3-9(7-11-5-1)13-10-4-2-6-12-8-10/h1-6,13H. The number of nitrogens with zero attached hydrogens (tertiary/aromatic N) is 2. The molecule has 13 heavy (non-hydrogen) atoms. The maximum Gasteiger partial charge on any atom is 0.114 e. The van der Waals surface area contributed by atoms with Gasteiger partial charge in [-0.3, -0.25) is 9.97 Å². The molecule has 0 aromatic carbocycles. The highest BCUT2D eigenvalue weighted by molar-refractivity contribution is 5.55. The van der Waals surface area contributed by atoms with E-state index in [2.05, 4.69) is 27.7 Å². The van der Waals surface area contributed by atoms with Crippen LogP contribution in [0.2, 0.25) is 0 Å². The highest BCUT2D eigenvalue weighted by Crippen LogP contribution is 2.11. The van der Waals surface area contributed by atoms with Crippen molar-refractivity contribution in [3.63, 3.8) is 0 Å². The van der Waals surface area contributed by atoms with Crippen LogP contribution >= 0.6 is 0 Å². The molecule has 0 aliphatic rings. The van der Waals surface area contributed by atoms with Crippen LogP contribution < -0.4 is 5.32 Å². The van der Waals surface area contributed by atoms with E-state index in [-0.39, 0.29) is 0 Å². The van der Waals surface area contributed by atoms with E-state index >= 15 is 0 Å². The Morgan fingerprint density at radius 3 is 1.85 bits per heavy atom. The van der Waals surface area contributed by atoms with E-state index < -0.39 is 0 Å². The minimum Gasteiger partial charge on any atom is -0.352 e. The van der Waals surface area contributed by atoms with Crippen molar-refractivity contribution in [1.29, 1.82) is 0 Å². The largest absolute Gasteiger partial charge is 0.352 e. The fourth-order valence-corrected chi connectivity index (χ4v) is 0.937. The molecule has 2 rings (SSSR count). The molecule has 0 saturated heterocycles. The number of aromatic nitrogens is 2. The first-order chi connectivity index (χ1) is 6.45. The summed E-state index contributed by atoms with van der Waals surface area (Å²) in [7, 11) is 0. The van der Waals surface area contributed by atoms with Crippen molar-refractivity contribution in [3.05, 3.63) is 49.1 Å². The van der Waals surface area contributed by atoms with Gasteiger partial charge < -0.3 is 5.32 Å². The molecular formula is C10H7N3. The summed E-state index contributed by atoms with van der Waals surface area (Å²) in [5, 5.41) is 3.07. The summed E-state index contributed by atoms with van der Waals surface area (Å²) < 4.78 is 0. The zero-order valence-electron chi connectivity index (χ0n) is 6.86. The van der Waals surface area contributed by atoms with Crippen LogP contribution in [0, 0.1) is 12.4 Å². The van der Waals surface area contributed by atoms with E-state index in [1.807, 2.05) is 24.3 Å². The first-order valence-corrected chi connectivity index (χ1v) is 3.87. The third kappa shape index (κ3) is 2.02. The van der Waals surface area contributed by atoms with Crippen molar-refractivity contribution in [2.24, 2.45) is 0 Å². The van der Waals surface area contributed by atoms with Crippen LogP contribution in [-0.2, 0) is 0 Å². The summed E-state index contributed by atoms with van der Waals surface area (Å²) in [5.74, 6) is 0. The molecule has 0 aliphatic carbocycles. The summed E-state index contributed by atoms with van der Waals surface area (Å²) in [6.45, 7) is 0. The van der Waals surface area contributed by atoms with Gasteiger partial charge in [0.2, 0.25) is 0 Å². The number of hydrogen-bond donors (Lipinski definition) is 1. The first-order valence-electron chi connectivity index (χ1n) is 3.87. The molecule has 0 fully saturated rings. The lowest BCUT2D eigenvalue weighted by atomic mass is 10.3. The van der Waals surface area contributed by atoms with Crippen molar-refractivity contribution in [2.45, 2.75) is 0 Å². The molecule has 0 saturated carbocycles. The monoisotopic (exact) mass is 169 g/mol. The lowest BCUT2D eigenvalue weighted by Crippen LogP contribution is -1.91. The first kappa shape index (κ1) is 7.73. The molecule has 2 heterocycles. The van der Waals surface area contributed by atoms with E-state index in [0.29, 0.717) is 0 Å². The summed E-state index contributed by atoms with van der Waals surface area (Å²) in [4.78, 5) is 7.72. The molecule has 0 aliphatic heterocycles. The van der Waals surface area contributed by atoms with Crippen LogP contribution in [-0.4, -0.2) is 9.97 Å². The number of anilines is 2. The Balaban J connectivity index is 2.16. The third-order valence-corrected chi connectivity index (χ3v) is 1.49. The molecule has 0 spiro atoms. The average molecular weight is 169 g/mol. The van der Waals surface area contributed by atoms with Crippen LogP contribution in [0.15, 0.2) is 36.7 Å². The molecule has 0 bridgehead atoms. The third-order valence-electron chi connectivity index (χ3n) is 1.49. The fraction of sp³-hybridized carbons (Fsp3) is 0. The SMILES string of the molecule is [c]1ncccc1Nc1[c]nccc1. The molecule has 2 radical (unpaired) electrons. The Morgan fingerprint density at radius 2 is 1.46 bits per heavy atom. The summed E-state index contributed by atoms with van der Waals surface area (Å²) in [6, 6.07) is 7.45. The molecule has 0 unspecified atom stereocenters. The second-order valence-corrected chi connectivity index (χ2v) is 2.45. The topological polar surface area (TPSA) is 37.8 Å². The lowest BCUT2D eigenvalue weighted by Gasteiger charge is -2.02. The van der Waals surface area contributed by atoms with Crippen molar-refractivity contribution >= 4 is 11.4 Å². The van der Waals surface area contributed by atoms with Gasteiger partial charge in [0.1, 0.15) is 12.4 Å². The number of rotatable bonds is 2. The highest BCUT2D eigenvalue weighted by Gasteiger charge is 1.92. The van der Waals surface area contributed by atoms with Gasteiger partial charge in [-0.2, -0.15) is 0 Å². The zero-order valence-corrected chi connectivity index (χ0v) is 6.86. The van der Waals surface area contributed by atoms with E-state index in [4.69, 9.17) is 0 Å². The summed E-state index contributed by atoms with van der Waals surface area (Å²) in [6.07, 6.45) is 8.97. The van der Waals surface area contributed by atoms with Crippen molar-refractivity contribution < 1.29 is 0 Å². The molecule has 3 heteroatoms. The second kappa shape index (κ2) is 3.67. The van der Waals surface area contributed by atoms with Crippen LogP contribution in [0.4, 0.5) is 11.4 Å². The van der Waals surface area contributed by atoms with Gasteiger partial charge >= 0.3 is 0 Å². The van der Waals surface area contributed by atoms with Gasteiger partial charge in [0, 0.05) is 12.4 Å². The number of pyridine rings is 2. The molecule has 3 nitrogen and oxygen atoms in total. The minimum atomic E-state index is 0.812. The Bertz CT molecular complexity index is 321. The second-order valence-electron chi connectivity index (χ2n) is 2.45. The molecule has 0 amide bonds. The van der Waals surface area contributed by atoms with Gasteiger partial charge in [0.25, 0.3) is 0 Å². The van der Waals surface area contributed by atoms with Gasteiger partial charge in [-0.25, -0.2) is 0 Å². The van der Waals surface area contributed by atoms with E-state index in [0.717, 1.165) is 11.4 Å². The van der Waals surface area contributed by atoms with E-state index in [9.17, 15) is 0 Å². The fourth-order valence-electron chi connectivity index (χ4n) is 0.937. The minimum absolute atomic E-state index is 0.812. The summed E-state index contributed by atoms with van der Waals surface area (Å²) >= 11 is 0. The average Bonchev–Trinajstić information content (AvgIpc) is 2.21. The highest BCUT2D eigenvalue weighted by atomic mass is 14.9. The number of nitrogens with one attached hydrogen (secondary N) is 1. The van der Waals surface area contributed by atoms with Crippen molar-refractivity contribution in [3.8, 4) is 0 Å². The van der Waals surface area contributed by atoms with Crippen LogP contribution in [0.5, 0.6) is 0 Å². The molecular weight excluding hydrogens is 162 g/mol. The molecule has 0 atom stereocenters. The van der Waals surface area contributed by atoms with Gasteiger partial charge in [-0.05, 0) is 24.3 Å². The van der Waals surface area contributed by atoms with Gasteiger partial charge in [0.15, 0.2) is 0 Å². The molecule has 2 aromatic rings. The Morgan fingerprint density at radius 1 is 0.923 bits per heavy atom. The zero-order chi connectivity index (χ0) is 8.93. The maximum atomic E-state index is 3.86. The van der Waals surface area contributed by atoms with Gasteiger partial charge in [-0.1, -0.05) is 0 Å². The molecule has 2 aromatic heterocycles.